The van der Waals surface area contributed by atoms with E-state index in [1.165, 1.54) is 24.8 Å². The van der Waals surface area contributed by atoms with Crippen molar-refractivity contribution in [3.05, 3.63) is 65.2 Å². The Morgan fingerprint density at radius 1 is 1.10 bits per heavy atom. The van der Waals surface area contributed by atoms with E-state index in [2.05, 4.69) is 12.1 Å². The number of rotatable bonds is 4. The molecule has 0 aliphatic heterocycles. The molecule has 0 aromatic heterocycles. The van der Waals surface area contributed by atoms with Gasteiger partial charge in [-0.1, -0.05) is 36.8 Å². The van der Waals surface area contributed by atoms with Crippen LogP contribution in [-0.2, 0) is 6.42 Å². The van der Waals surface area contributed by atoms with Gasteiger partial charge in [0.2, 0.25) is 0 Å². The second kappa shape index (κ2) is 5.49. The minimum atomic E-state index is 0.164. The fourth-order valence-electron chi connectivity index (χ4n) is 2.70. The molecule has 1 saturated carbocycles. The Balaban J connectivity index is 1.76. The minimum absolute atomic E-state index is 0.164. The third-order valence-electron chi connectivity index (χ3n) is 4.10. The normalized spacial score (nSPS) is 14.8. The first-order valence-corrected chi connectivity index (χ1v) is 7.20. The highest BCUT2D eigenvalue weighted by atomic mass is 16.1. The summed E-state index contributed by atoms with van der Waals surface area (Å²) in [6, 6.07) is 15.7. The number of hydrogen-bond donors (Lipinski definition) is 1. The molecule has 2 aromatic rings. The fraction of sp³-hybridized carbons (Fsp3) is 0.278. The maximum absolute atomic E-state index is 12.4. The molecule has 2 N–H and O–H groups in total. The first kappa shape index (κ1) is 12.9. The number of nitrogens with two attached hydrogens (primary N) is 1. The summed E-state index contributed by atoms with van der Waals surface area (Å²) in [4.78, 5) is 12.4. The maximum atomic E-state index is 12.4. The molecular formula is C18H19NO. The van der Waals surface area contributed by atoms with E-state index in [1.54, 1.807) is 0 Å². The Labute approximate surface area is 119 Å². The molecule has 2 nitrogen and oxygen atoms in total. The van der Waals surface area contributed by atoms with Crippen LogP contribution in [0.4, 0.5) is 5.69 Å². The highest BCUT2D eigenvalue weighted by Crippen LogP contribution is 2.36. The SMILES string of the molecule is Nc1cccc(CC(=O)c2cccc(C3CCC3)c2)c1. The van der Waals surface area contributed by atoms with Crippen molar-refractivity contribution in [2.45, 2.75) is 31.6 Å². The van der Waals surface area contributed by atoms with Crippen molar-refractivity contribution in [3.8, 4) is 0 Å². The summed E-state index contributed by atoms with van der Waals surface area (Å²) in [6.45, 7) is 0. The molecule has 0 radical (unpaired) electrons. The number of hydrogen-bond acceptors (Lipinski definition) is 2. The molecule has 1 fully saturated rings. The van der Waals surface area contributed by atoms with Gasteiger partial charge in [0.25, 0.3) is 0 Å². The number of nitrogen functional groups attached to an aromatic ring is 1. The average Bonchev–Trinajstić information content (AvgIpc) is 2.37. The molecule has 3 rings (SSSR count). The van der Waals surface area contributed by atoms with E-state index >= 15 is 0 Å². The van der Waals surface area contributed by atoms with E-state index in [0.717, 1.165) is 11.1 Å². The third kappa shape index (κ3) is 2.74. The van der Waals surface area contributed by atoms with Crippen molar-refractivity contribution in [2.75, 3.05) is 5.73 Å². The van der Waals surface area contributed by atoms with Crippen LogP contribution in [0.3, 0.4) is 0 Å². The van der Waals surface area contributed by atoms with Crippen molar-refractivity contribution >= 4 is 11.5 Å². The highest BCUT2D eigenvalue weighted by molar-refractivity contribution is 5.97. The van der Waals surface area contributed by atoms with Crippen LogP contribution in [0.5, 0.6) is 0 Å². The molecule has 0 unspecified atom stereocenters. The van der Waals surface area contributed by atoms with Gasteiger partial charge in [0, 0.05) is 17.7 Å². The van der Waals surface area contributed by atoms with Gasteiger partial charge in [0.05, 0.1) is 0 Å². The third-order valence-corrected chi connectivity index (χ3v) is 4.10. The van der Waals surface area contributed by atoms with Gasteiger partial charge in [-0.2, -0.15) is 0 Å². The number of anilines is 1. The molecule has 0 spiro atoms. The quantitative estimate of drug-likeness (QED) is 0.671. The smallest absolute Gasteiger partial charge is 0.167 e. The zero-order valence-electron chi connectivity index (χ0n) is 11.5. The highest BCUT2D eigenvalue weighted by Gasteiger charge is 2.20. The molecule has 2 heteroatoms. The van der Waals surface area contributed by atoms with E-state index in [4.69, 9.17) is 5.73 Å². The van der Waals surface area contributed by atoms with E-state index in [9.17, 15) is 4.79 Å². The van der Waals surface area contributed by atoms with Crippen LogP contribution >= 0.6 is 0 Å². The lowest BCUT2D eigenvalue weighted by Gasteiger charge is -2.26. The zero-order chi connectivity index (χ0) is 13.9. The van der Waals surface area contributed by atoms with Crippen molar-refractivity contribution in [1.29, 1.82) is 0 Å². The monoisotopic (exact) mass is 265 g/mol. The molecule has 0 atom stereocenters. The van der Waals surface area contributed by atoms with Crippen molar-refractivity contribution in [1.82, 2.24) is 0 Å². The molecule has 0 heterocycles. The molecular weight excluding hydrogens is 246 g/mol. The first-order valence-electron chi connectivity index (χ1n) is 7.20. The van der Waals surface area contributed by atoms with Crippen molar-refractivity contribution < 1.29 is 4.79 Å². The molecule has 102 valence electrons. The van der Waals surface area contributed by atoms with Gasteiger partial charge in [-0.05, 0) is 48.1 Å². The largest absolute Gasteiger partial charge is 0.399 e. The predicted octanol–water partition coefficient (Wildman–Crippen LogP) is 3.96. The number of carbonyl (C=O) groups excluding carboxylic acids is 1. The van der Waals surface area contributed by atoms with Crippen LogP contribution < -0.4 is 5.73 Å². The van der Waals surface area contributed by atoms with Crippen molar-refractivity contribution in [3.63, 3.8) is 0 Å². The number of benzene rings is 2. The summed E-state index contributed by atoms with van der Waals surface area (Å²) in [5.74, 6) is 0.826. The Kier molecular flexibility index (Phi) is 3.55. The summed E-state index contributed by atoms with van der Waals surface area (Å²) in [5, 5.41) is 0. The summed E-state index contributed by atoms with van der Waals surface area (Å²) in [6.07, 6.45) is 4.24. The van der Waals surface area contributed by atoms with Gasteiger partial charge in [-0.15, -0.1) is 0 Å². The summed E-state index contributed by atoms with van der Waals surface area (Å²) < 4.78 is 0. The first-order chi connectivity index (χ1) is 9.72. The van der Waals surface area contributed by atoms with Gasteiger partial charge >= 0.3 is 0 Å². The molecule has 2 aromatic carbocycles. The van der Waals surface area contributed by atoms with Gasteiger partial charge in [0.1, 0.15) is 0 Å². The van der Waals surface area contributed by atoms with Crippen LogP contribution in [0, 0.1) is 0 Å². The molecule has 0 saturated heterocycles. The van der Waals surface area contributed by atoms with Gasteiger partial charge in [-0.3, -0.25) is 4.79 Å². The lowest BCUT2D eigenvalue weighted by molar-refractivity contribution is 0.0993. The van der Waals surface area contributed by atoms with Crippen molar-refractivity contribution in [2.24, 2.45) is 0 Å². The van der Waals surface area contributed by atoms with E-state index in [0.29, 0.717) is 18.0 Å². The Hall–Kier alpha value is -2.09. The van der Waals surface area contributed by atoms with Crippen LogP contribution in [0.2, 0.25) is 0 Å². The minimum Gasteiger partial charge on any atom is -0.399 e. The number of carbonyl (C=O) groups is 1. The molecule has 0 amide bonds. The number of Topliss-reactive ketones (excluding diaryl/α,β-unsaturated/α-hetero) is 1. The van der Waals surface area contributed by atoms with Crippen LogP contribution in [-0.4, -0.2) is 5.78 Å². The molecule has 20 heavy (non-hydrogen) atoms. The van der Waals surface area contributed by atoms with E-state index < -0.39 is 0 Å². The van der Waals surface area contributed by atoms with E-state index in [1.807, 2.05) is 36.4 Å². The fourth-order valence-corrected chi connectivity index (χ4v) is 2.70. The van der Waals surface area contributed by atoms with Crippen LogP contribution in [0.15, 0.2) is 48.5 Å². The Morgan fingerprint density at radius 2 is 1.90 bits per heavy atom. The maximum Gasteiger partial charge on any atom is 0.167 e. The Morgan fingerprint density at radius 3 is 2.60 bits per heavy atom. The predicted molar refractivity (Wildman–Crippen MR) is 81.9 cm³/mol. The summed E-state index contributed by atoms with van der Waals surface area (Å²) in [5.41, 5.74) is 9.57. The topological polar surface area (TPSA) is 43.1 Å². The Bertz CT molecular complexity index is 629. The van der Waals surface area contributed by atoms with Crippen LogP contribution in [0.1, 0.15) is 46.7 Å². The van der Waals surface area contributed by atoms with Gasteiger partial charge < -0.3 is 5.73 Å². The number of ketones is 1. The second-order valence-corrected chi connectivity index (χ2v) is 5.60. The average molecular weight is 265 g/mol. The molecule has 0 bridgehead atoms. The lowest BCUT2D eigenvalue weighted by Crippen LogP contribution is -2.10. The van der Waals surface area contributed by atoms with Gasteiger partial charge in [0.15, 0.2) is 5.78 Å². The lowest BCUT2D eigenvalue weighted by atomic mass is 9.79. The second-order valence-electron chi connectivity index (χ2n) is 5.60. The summed E-state index contributed by atoms with van der Waals surface area (Å²) in [7, 11) is 0. The van der Waals surface area contributed by atoms with E-state index in [-0.39, 0.29) is 5.78 Å². The summed E-state index contributed by atoms with van der Waals surface area (Å²) >= 11 is 0. The zero-order valence-corrected chi connectivity index (χ0v) is 11.5. The van der Waals surface area contributed by atoms with Crippen LogP contribution in [0.25, 0.3) is 0 Å². The molecule has 1 aliphatic carbocycles. The standard InChI is InChI=1S/C18H19NO/c19-17-9-1-4-13(10-17)11-18(20)16-8-3-7-15(12-16)14-5-2-6-14/h1,3-4,7-10,12,14H,2,5-6,11,19H2. The molecule has 1 aliphatic rings. The van der Waals surface area contributed by atoms with Gasteiger partial charge in [-0.25, -0.2) is 0 Å².